The molecule has 0 saturated carbocycles. The average molecular weight is 305 g/mol. The van der Waals surface area contributed by atoms with E-state index in [1.54, 1.807) is 12.1 Å². The van der Waals surface area contributed by atoms with Crippen LogP contribution in [0.4, 0.5) is 5.69 Å². The number of halogens is 1. The first-order valence-corrected chi connectivity index (χ1v) is 6.32. The van der Waals surface area contributed by atoms with Crippen molar-refractivity contribution in [3.63, 3.8) is 0 Å². The van der Waals surface area contributed by atoms with Gasteiger partial charge in [-0.15, -0.1) is 0 Å². The Balaban J connectivity index is 2.06. The molecule has 0 saturated heterocycles. The molecule has 0 aliphatic heterocycles. The van der Waals surface area contributed by atoms with E-state index < -0.39 is 5.91 Å². The summed E-state index contributed by atoms with van der Waals surface area (Å²) in [4.78, 5) is 11.1. The molecule has 0 aliphatic rings. The van der Waals surface area contributed by atoms with Crippen LogP contribution in [0, 0.1) is 0 Å². The molecule has 0 atom stereocenters. The Morgan fingerprint density at radius 2 is 1.94 bits per heavy atom. The molecule has 3 nitrogen and oxygen atoms in total. The van der Waals surface area contributed by atoms with E-state index in [9.17, 15) is 4.79 Å². The minimum atomic E-state index is -0.416. The standard InChI is InChI=1S/C14H13BrN2O/c15-12-5-1-3-10(7-12)9-17-13-6-2-4-11(8-13)14(16)18/h1-8,17H,9H2,(H2,16,18). The molecule has 3 N–H and O–H groups in total. The zero-order valence-electron chi connectivity index (χ0n) is 9.69. The third-order valence-electron chi connectivity index (χ3n) is 2.53. The summed E-state index contributed by atoms with van der Waals surface area (Å²) in [5.41, 5.74) is 7.79. The first-order chi connectivity index (χ1) is 8.65. The van der Waals surface area contributed by atoms with E-state index >= 15 is 0 Å². The van der Waals surface area contributed by atoms with E-state index in [4.69, 9.17) is 5.73 Å². The van der Waals surface area contributed by atoms with E-state index in [2.05, 4.69) is 21.2 Å². The predicted molar refractivity (Wildman–Crippen MR) is 76.4 cm³/mol. The minimum absolute atomic E-state index is 0.416. The van der Waals surface area contributed by atoms with Gasteiger partial charge in [-0.1, -0.05) is 34.1 Å². The summed E-state index contributed by atoms with van der Waals surface area (Å²) in [5.74, 6) is -0.416. The highest BCUT2D eigenvalue weighted by Crippen LogP contribution is 2.15. The van der Waals surface area contributed by atoms with Gasteiger partial charge in [-0.05, 0) is 35.9 Å². The van der Waals surface area contributed by atoms with Crippen LogP contribution < -0.4 is 11.1 Å². The lowest BCUT2D eigenvalue weighted by Gasteiger charge is -2.07. The second-order valence-corrected chi connectivity index (χ2v) is 4.84. The first-order valence-electron chi connectivity index (χ1n) is 5.53. The van der Waals surface area contributed by atoms with E-state index in [0.717, 1.165) is 15.7 Å². The average Bonchev–Trinajstić information content (AvgIpc) is 2.37. The molecule has 2 rings (SSSR count). The molecule has 0 aliphatic carbocycles. The lowest BCUT2D eigenvalue weighted by Crippen LogP contribution is -2.11. The molecule has 18 heavy (non-hydrogen) atoms. The lowest BCUT2D eigenvalue weighted by molar-refractivity contribution is 0.100. The number of carbonyl (C=O) groups is 1. The molecular weight excluding hydrogens is 292 g/mol. The van der Waals surface area contributed by atoms with Crippen molar-refractivity contribution in [3.8, 4) is 0 Å². The summed E-state index contributed by atoms with van der Waals surface area (Å²) in [7, 11) is 0. The summed E-state index contributed by atoms with van der Waals surface area (Å²) in [6.45, 7) is 0.696. The first kappa shape index (κ1) is 12.6. The third kappa shape index (κ3) is 3.34. The zero-order valence-corrected chi connectivity index (χ0v) is 11.3. The van der Waals surface area contributed by atoms with Crippen molar-refractivity contribution >= 4 is 27.5 Å². The molecule has 0 spiro atoms. The number of primary amides is 1. The number of anilines is 1. The summed E-state index contributed by atoms with van der Waals surface area (Å²) < 4.78 is 1.05. The molecule has 4 heteroatoms. The van der Waals surface area contributed by atoms with E-state index in [-0.39, 0.29) is 0 Å². The number of hydrogen-bond donors (Lipinski definition) is 2. The second kappa shape index (κ2) is 5.69. The van der Waals surface area contributed by atoms with Crippen molar-refractivity contribution in [2.24, 2.45) is 5.73 Å². The van der Waals surface area contributed by atoms with Crippen LogP contribution in [0.5, 0.6) is 0 Å². The van der Waals surface area contributed by atoms with Gasteiger partial charge in [-0.25, -0.2) is 0 Å². The van der Waals surface area contributed by atoms with E-state index in [1.165, 1.54) is 0 Å². The monoisotopic (exact) mass is 304 g/mol. The van der Waals surface area contributed by atoms with Crippen molar-refractivity contribution in [1.82, 2.24) is 0 Å². The number of nitrogens with two attached hydrogens (primary N) is 1. The van der Waals surface area contributed by atoms with Gasteiger partial charge in [0.1, 0.15) is 0 Å². The molecule has 0 unspecified atom stereocenters. The smallest absolute Gasteiger partial charge is 0.248 e. The highest BCUT2D eigenvalue weighted by atomic mass is 79.9. The van der Waals surface area contributed by atoms with Crippen molar-refractivity contribution in [3.05, 3.63) is 64.1 Å². The Morgan fingerprint density at radius 1 is 1.17 bits per heavy atom. The SMILES string of the molecule is NC(=O)c1cccc(NCc2cccc(Br)c2)c1. The highest BCUT2D eigenvalue weighted by molar-refractivity contribution is 9.10. The lowest BCUT2D eigenvalue weighted by atomic mass is 10.2. The van der Waals surface area contributed by atoms with Crippen LogP contribution in [0.3, 0.4) is 0 Å². The highest BCUT2D eigenvalue weighted by Gasteiger charge is 2.01. The topological polar surface area (TPSA) is 55.1 Å². The normalized spacial score (nSPS) is 10.1. The maximum atomic E-state index is 11.1. The molecule has 2 aromatic carbocycles. The molecule has 0 heterocycles. The number of hydrogen-bond acceptors (Lipinski definition) is 2. The van der Waals surface area contributed by atoms with Crippen LogP contribution in [0.1, 0.15) is 15.9 Å². The molecule has 0 radical (unpaired) electrons. The van der Waals surface area contributed by atoms with Gasteiger partial charge in [-0.2, -0.15) is 0 Å². The van der Waals surface area contributed by atoms with Crippen molar-refractivity contribution in [2.75, 3.05) is 5.32 Å². The predicted octanol–water partition coefficient (Wildman–Crippen LogP) is 3.16. The van der Waals surface area contributed by atoms with Crippen LogP contribution in [0.15, 0.2) is 53.0 Å². The van der Waals surface area contributed by atoms with Crippen molar-refractivity contribution in [1.29, 1.82) is 0 Å². The Hall–Kier alpha value is -1.81. The largest absolute Gasteiger partial charge is 0.381 e. The maximum absolute atomic E-state index is 11.1. The zero-order chi connectivity index (χ0) is 13.0. The van der Waals surface area contributed by atoms with Crippen molar-refractivity contribution in [2.45, 2.75) is 6.54 Å². The van der Waals surface area contributed by atoms with Gasteiger partial charge in [0, 0.05) is 22.3 Å². The molecule has 92 valence electrons. The summed E-state index contributed by atoms with van der Waals surface area (Å²) in [6, 6.07) is 15.2. The van der Waals surface area contributed by atoms with Gasteiger partial charge in [0.05, 0.1) is 0 Å². The summed E-state index contributed by atoms with van der Waals surface area (Å²) in [6.07, 6.45) is 0. The summed E-state index contributed by atoms with van der Waals surface area (Å²) >= 11 is 3.43. The summed E-state index contributed by atoms with van der Waals surface area (Å²) in [5, 5.41) is 3.25. The van der Waals surface area contributed by atoms with Gasteiger partial charge < -0.3 is 11.1 Å². The van der Waals surface area contributed by atoms with Gasteiger partial charge in [0.25, 0.3) is 0 Å². The molecule has 0 fully saturated rings. The molecule has 2 aromatic rings. The maximum Gasteiger partial charge on any atom is 0.248 e. The molecule has 1 amide bonds. The third-order valence-corrected chi connectivity index (χ3v) is 3.03. The molecular formula is C14H13BrN2O. The number of nitrogens with one attached hydrogen (secondary N) is 1. The van der Waals surface area contributed by atoms with E-state index in [0.29, 0.717) is 12.1 Å². The fraction of sp³-hybridized carbons (Fsp3) is 0.0714. The van der Waals surface area contributed by atoms with Crippen LogP contribution in [0.25, 0.3) is 0 Å². The number of benzene rings is 2. The van der Waals surface area contributed by atoms with Crippen LogP contribution in [0.2, 0.25) is 0 Å². The van der Waals surface area contributed by atoms with Crippen molar-refractivity contribution < 1.29 is 4.79 Å². The Bertz CT molecular complexity index is 569. The Labute approximate surface area is 114 Å². The van der Waals surface area contributed by atoms with Crippen LogP contribution in [-0.2, 0) is 6.54 Å². The van der Waals surface area contributed by atoms with Crippen LogP contribution >= 0.6 is 15.9 Å². The fourth-order valence-corrected chi connectivity index (χ4v) is 2.08. The molecule has 0 bridgehead atoms. The van der Waals surface area contributed by atoms with Gasteiger partial charge in [0.2, 0.25) is 5.91 Å². The fourth-order valence-electron chi connectivity index (χ4n) is 1.63. The number of amides is 1. The second-order valence-electron chi connectivity index (χ2n) is 3.93. The quantitative estimate of drug-likeness (QED) is 0.911. The van der Waals surface area contributed by atoms with Gasteiger partial charge >= 0.3 is 0 Å². The van der Waals surface area contributed by atoms with Gasteiger partial charge in [-0.3, -0.25) is 4.79 Å². The Morgan fingerprint density at radius 3 is 2.67 bits per heavy atom. The molecule has 0 aromatic heterocycles. The van der Waals surface area contributed by atoms with E-state index in [1.807, 2.05) is 36.4 Å². The minimum Gasteiger partial charge on any atom is -0.381 e. The Kier molecular flexibility index (Phi) is 3.99. The van der Waals surface area contributed by atoms with Crippen LogP contribution in [-0.4, -0.2) is 5.91 Å². The number of rotatable bonds is 4. The van der Waals surface area contributed by atoms with Gasteiger partial charge in [0.15, 0.2) is 0 Å². The number of carbonyl (C=O) groups excluding carboxylic acids is 1.